The minimum absolute atomic E-state index is 0.0217. The van der Waals surface area contributed by atoms with Crippen LogP contribution in [0.5, 0.6) is 0 Å². The maximum Gasteiger partial charge on any atom is 0.181 e. The number of benzene rings is 1. The lowest BCUT2D eigenvalue weighted by Gasteiger charge is -2.01. The summed E-state index contributed by atoms with van der Waals surface area (Å²) in [5.74, 6) is 0. The monoisotopic (exact) mass is 288 g/mol. The van der Waals surface area contributed by atoms with Crippen LogP contribution in [0, 0.1) is 0 Å². The van der Waals surface area contributed by atoms with E-state index in [1.807, 2.05) is 37.3 Å². The molecule has 0 fully saturated rings. The molecule has 0 aliphatic rings. The summed E-state index contributed by atoms with van der Waals surface area (Å²) in [5.41, 5.74) is 1.97. The van der Waals surface area contributed by atoms with Gasteiger partial charge in [-0.15, -0.1) is 0 Å². The highest BCUT2D eigenvalue weighted by atomic mass is 79.9. The molecular formula is C11H13BrO2S. The summed E-state index contributed by atoms with van der Waals surface area (Å²) in [4.78, 5) is 0. The molecule has 0 aliphatic heterocycles. The van der Waals surface area contributed by atoms with Crippen LogP contribution in [0.1, 0.15) is 12.5 Å². The van der Waals surface area contributed by atoms with Gasteiger partial charge in [-0.1, -0.05) is 51.8 Å². The minimum atomic E-state index is -3.08. The number of alkyl halides is 1. The van der Waals surface area contributed by atoms with E-state index in [1.165, 1.54) is 5.41 Å². The van der Waals surface area contributed by atoms with Gasteiger partial charge in [0.25, 0.3) is 0 Å². The molecule has 0 saturated carbocycles. The lowest BCUT2D eigenvalue weighted by Crippen LogP contribution is -1.98. The zero-order chi connectivity index (χ0) is 11.3. The molecule has 2 nitrogen and oxygen atoms in total. The molecule has 0 amide bonds. The zero-order valence-corrected chi connectivity index (χ0v) is 10.9. The van der Waals surface area contributed by atoms with Gasteiger partial charge in [0, 0.05) is 5.41 Å². The molecule has 0 saturated heterocycles. The van der Waals surface area contributed by atoms with E-state index in [0.717, 1.165) is 11.1 Å². The van der Waals surface area contributed by atoms with Gasteiger partial charge in [0.15, 0.2) is 9.84 Å². The van der Waals surface area contributed by atoms with E-state index in [9.17, 15) is 8.42 Å². The molecule has 1 aromatic rings. The lowest BCUT2D eigenvalue weighted by atomic mass is 10.1. The molecule has 0 radical (unpaired) electrons. The van der Waals surface area contributed by atoms with Gasteiger partial charge in [-0.2, -0.15) is 0 Å². The van der Waals surface area contributed by atoms with Crippen molar-refractivity contribution in [2.45, 2.75) is 13.3 Å². The van der Waals surface area contributed by atoms with Crippen molar-refractivity contribution in [2.24, 2.45) is 0 Å². The Balaban J connectivity index is 2.77. The van der Waals surface area contributed by atoms with Gasteiger partial charge >= 0.3 is 0 Å². The van der Waals surface area contributed by atoms with Gasteiger partial charge in [-0.05, 0) is 18.9 Å². The Hall–Kier alpha value is -0.610. The van der Waals surface area contributed by atoms with Crippen molar-refractivity contribution in [1.82, 2.24) is 0 Å². The molecule has 4 heteroatoms. The third-order valence-corrected chi connectivity index (χ3v) is 4.84. The summed E-state index contributed by atoms with van der Waals surface area (Å²) in [6, 6.07) is 9.80. The molecule has 0 N–H and O–H groups in total. The van der Waals surface area contributed by atoms with E-state index in [-0.39, 0.29) is 4.66 Å². The van der Waals surface area contributed by atoms with Crippen LogP contribution in [0.15, 0.2) is 41.3 Å². The molecule has 82 valence electrons. The SMILES string of the molecule is CC(=CS(=O)(=O)CBr)Cc1ccccc1. The highest BCUT2D eigenvalue weighted by molar-refractivity contribution is 9.10. The quantitative estimate of drug-likeness (QED) is 0.799. The van der Waals surface area contributed by atoms with Crippen molar-refractivity contribution in [3.8, 4) is 0 Å². The van der Waals surface area contributed by atoms with Gasteiger partial charge in [-0.25, -0.2) is 8.42 Å². The van der Waals surface area contributed by atoms with Crippen molar-refractivity contribution in [3.63, 3.8) is 0 Å². The number of sulfone groups is 1. The maximum atomic E-state index is 11.3. The second-order valence-corrected chi connectivity index (χ2v) is 6.55. The minimum Gasteiger partial charge on any atom is -0.223 e. The fraction of sp³-hybridized carbons (Fsp3) is 0.273. The third-order valence-electron chi connectivity index (χ3n) is 1.86. The van der Waals surface area contributed by atoms with Crippen molar-refractivity contribution in [2.75, 3.05) is 4.66 Å². The first kappa shape index (κ1) is 12.5. The Morgan fingerprint density at radius 3 is 2.47 bits per heavy atom. The van der Waals surface area contributed by atoms with Crippen LogP contribution in [0.25, 0.3) is 0 Å². The molecular weight excluding hydrogens is 276 g/mol. The highest BCUT2D eigenvalue weighted by Gasteiger charge is 2.04. The fourth-order valence-electron chi connectivity index (χ4n) is 1.30. The Morgan fingerprint density at radius 2 is 1.93 bits per heavy atom. The van der Waals surface area contributed by atoms with Crippen LogP contribution in [-0.2, 0) is 16.3 Å². The van der Waals surface area contributed by atoms with Crippen molar-refractivity contribution in [3.05, 3.63) is 46.9 Å². The Kier molecular flexibility index (Phi) is 4.54. The second kappa shape index (κ2) is 5.47. The molecule has 0 atom stereocenters. The molecule has 1 rings (SSSR count). The molecule has 0 heterocycles. The van der Waals surface area contributed by atoms with E-state index in [4.69, 9.17) is 0 Å². The Morgan fingerprint density at radius 1 is 1.33 bits per heavy atom. The molecule has 15 heavy (non-hydrogen) atoms. The number of allylic oxidation sites excluding steroid dienone is 1. The van der Waals surface area contributed by atoms with Gasteiger partial charge < -0.3 is 0 Å². The van der Waals surface area contributed by atoms with E-state index in [1.54, 1.807) is 0 Å². The summed E-state index contributed by atoms with van der Waals surface area (Å²) < 4.78 is 22.5. The topological polar surface area (TPSA) is 34.1 Å². The van der Waals surface area contributed by atoms with Crippen molar-refractivity contribution in [1.29, 1.82) is 0 Å². The molecule has 0 spiro atoms. The largest absolute Gasteiger partial charge is 0.223 e. The summed E-state index contributed by atoms with van der Waals surface area (Å²) in [6.45, 7) is 1.83. The fourth-order valence-corrected chi connectivity index (χ4v) is 2.45. The summed E-state index contributed by atoms with van der Waals surface area (Å²) in [6.07, 6.45) is 0.674. The number of hydrogen-bond acceptors (Lipinski definition) is 2. The number of hydrogen-bond donors (Lipinski definition) is 0. The highest BCUT2D eigenvalue weighted by Crippen LogP contribution is 2.10. The standard InChI is InChI=1S/C11H13BrO2S/c1-10(8-15(13,14)9-12)7-11-5-3-2-4-6-11/h2-6,8H,7,9H2,1H3. The number of halogens is 1. The van der Waals surface area contributed by atoms with Crippen LogP contribution >= 0.6 is 15.9 Å². The van der Waals surface area contributed by atoms with Gasteiger partial charge in [0.1, 0.15) is 4.66 Å². The third kappa shape index (κ3) is 4.62. The number of rotatable bonds is 4. The van der Waals surface area contributed by atoms with E-state index >= 15 is 0 Å². The first-order chi connectivity index (χ1) is 7.03. The molecule has 0 bridgehead atoms. The maximum absolute atomic E-state index is 11.3. The smallest absolute Gasteiger partial charge is 0.181 e. The Bertz CT molecular complexity index is 435. The van der Waals surface area contributed by atoms with Crippen LogP contribution < -0.4 is 0 Å². The zero-order valence-electron chi connectivity index (χ0n) is 8.48. The van der Waals surface area contributed by atoms with Gasteiger partial charge in [0.2, 0.25) is 0 Å². The van der Waals surface area contributed by atoms with Crippen molar-refractivity contribution < 1.29 is 8.42 Å². The van der Waals surface area contributed by atoms with Crippen LogP contribution in [0.2, 0.25) is 0 Å². The normalized spacial score (nSPS) is 12.8. The first-order valence-electron chi connectivity index (χ1n) is 4.53. The summed E-state index contributed by atoms with van der Waals surface area (Å²) in [5, 5.41) is 1.33. The van der Waals surface area contributed by atoms with E-state index < -0.39 is 9.84 Å². The molecule has 0 aromatic heterocycles. The molecule has 1 aromatic carbocycles. The predicted octanol–water partition coefficient (Wildman–Crippen LogP) is 2.90. The molecule has 0 aliphatic carbocycles. The predicted molar refractivity (Wildman–Crippen MR) is 66.6 cm³/mol. The second-order valence-electron chi connectivity index (χ2n) is 3.40. The summed E-state index contributed by atoms with van der Waals surface area (Å²) in [7, 11) is -3.08. The van der Waals surface area contributed by atoms with Gasteiger partial charge in [-0.3, -0.25) is 0 Å². The summed E-state index contributed by atoms with van der Waals surface area (Å²) >= 11 is 2.95. The van der Waals surface area contributed by atoms with Crippen LogP contribution in [0.3, 0.4) is 0 Å². The Labute approximate surface area is 99.1 Å². The van der Waals surface area contributed by atoms with Gasteiger partial charge in [0.05, 0.1) is 0 Å². The molecule has 0 unspecified atom stereocenters. The average Bonchev–Trinajstić information content (AvgIpc) is 2.18. The van der Waals surface area contributed by atoms with Crippen molar-refractivity contribution >= 4 is 25.8 Å². The van der Waals surface area contributed by atoms with Crippen LogP contribution in [0.4, 0.5) is 0 Å². The first-order valence-corrected chi connectivity index (χ1v) is 7.37. The van der Waals surface area contributed by atoms with Crippen LogP contribution in [-0.4, -0.2) is 13.1 Å². The van der Waals surface area contributed by atoms with E-state index in [0.29, 0.717) is 6.42 Å². The van der Waals surface area contributed by atoms with E-state index in [2.05, 4.69) is 15.9 Å². The lowest BCUT2D eigenvalue weighted by molar-refractivity contribution is 0.609. The average molecular weight is 289 g/mol.